The van der Waals surface area contributed by atoms with Gasteiger partial charge in [0.15, 0.2) is 5.82 Å². The standard InChI is InChI=1S/C19H19N5/c1-13-6-5-8-16(14(13)2)21-18-12-20-23-19(22-18)24-11-10-15-7-3-4-9-17(15)24/h3-9,12H,10-11H2,1-2H3,(H,21,22,23). The van der Waals surface area contributed by atoms with Gasteiger partial charge < -0.3 is 10.2 Å². The summed E-state index contributed by atoms with van der Waals surface area (Å²) in [4.78, 5) is 6.78. The van der Waals surface area contributed by atoms with Crippen LogP contribution < -0.4 is 10.2 Å². The van der Waals surface area contributed by atoms with Crippen molar-refractivity contribution >= 4 is 23.1 Å². The van der Waals surface area contributed by atoms with Crippen LogP contribution in [-0.2, 0) is 6.42 Å². The Hall–Kier alpha value is -2.95. The molecule has 4 rings (SSSR count). The zero-order valence-electron chi connectivity index (χ0n) is 13.8. The van der Waals surface area contributed by atoms with Crippen LogP contribution in [0.1, 0.15) is 16.7 Å². The van der Waals surface area contributed by atoms with Gasteiger partial charge in [-0.05, 0) is 49.1 Å². The molecule has 3 aromatic rings. The number of para-hydroxylation sites is 1. The first-order valence-electron chi connectivity index (χ1n) is 8.11. The maximum Gasteiger partial charge on any atom is 0.251 e. The van der Waals surface area contributed by atoms with E-state index in [9.17, 15) is 0 Å². The van der Waals surface area contributed by atoms with Crippen LogP contribution in [0.25, 0.3) is 0 Å². The van der Waals surface area contributed by atoms with Gasteiger partial charge in [0.2, 0.25) is 0 Å². The molecule has 0 saturated heterocycles. The van der Waals surface area contributed by atoms with Gasteiger partial charge in [-0.25, -0.2) is 0 Å². The Morgan fingerprint density at radius 1 is 1.04 bits per heavy atom. The summed E-state index contributed by atoms with van der Waals surface area (Å²) < 4.78 is 0. The van der Waals surface area contributed by atoms with Crippen LogP contribution in [0.3, 0.4) is 0 Å². The number of nitrogens with one attached hydrogen (secondary N) is 1. The van der Waals surface area contributed by atoms with Crippen molar-refractivity contribution in [2.45, 2.75) is 20.3 Å². The van der Waals surface area contributed by atoms with Gasteiger partial charge in [0.05, 0.1) is 6.20 Å². The molecule has 24 heavy (non-hydrogen) atoms. The summed E-state index contributed by atoms with van der Waals surface area (Å²) in [5.74, 6) is 1.34. The molecule has 0 saturated carbocycles. The van der Waals surface area contributed by atoms with Gasteiger partial charge in [-0.15, -0.1) is 5.10 Å². The first kappa shape index (κ1) is 14.6. The number of anilines is 4. The van der Waals surface area contributed by atoms with Crippen LogP contribution in [0.4, 0.5) is 23.1 Å². The molecule has 1 aliphatic rings. The van der Waals surface area contributed by atoms with E-state index in [4.69, 9.17) is 0 Å². The Labute approximate surface area is 141 Å². The lowest BCUT2D eigenvalue weighted by Crippen LogP contribution is -2.17. The zero-order chi connectivity index (χ0) is 16.5. The van der Waals surface area contributed by atoms with E-state index >= 15 is 0 Å². The van der Waals surface area contributed by atoms with Crippen molar-refractivity contribution in [1.29, 1.82) is 0 Å². The van der Waals surface area contributed by atoms with Crippen molar-refractivity contribution in [2.75, 3.05) is 16.8 Å². The number of aromatic nitrogens is 3. The number of aryl methyl sites for hydroxylation is 1. The van der Waals surface area contributed by atoms with Crippen LogP contribution in [-0.4, -0.2) is 21.7 Å². The summed E-state index contributed by atoms with van der Waals surface area (Å²) >= 11 is 0. The van der Waals surface area contributed by atoms with Crippen molar-refractivity contribution in [3.8, 4) is 0 Å². The number of nitrogens with zero attached hydrogens (tertiary/aromatic N) is 4. The molecule has 2 heterocycles. The van der Waals surface area contributed by atoms with Crippen LogP contribution in [0, 0.1) is 13.8 Å². The lowest BCUT2D eigenvalue weighted by molar-refractivity contribution is 0.887. The van der Waals surface area contributed by atoms with Gasteiger partial charge in [0.1, 0.15) is 0 Å². The molecule has 0 radical (unpaired) electrons. The van der Waals surface area contributed by atoms with Crippen LogP contribution in [0.5, 0.6) is 0 Å². The minimum absolute atomic E-state index is 0.634. The predicted molar refractivity (Wildman–Crippen MR) is 96.2 cm³/mol. The lowest BCUT2D eigenvalue weighted by Gasteiger charge is -2.17. The van der Waals surface area contributed by atoms with E-state index in [1.807, 2.05) is 12.1 Å². The monoisotopic (exact) mass is 317 g/mol. The van der Waals surface area contributed by atoms with Gasteiger partial charge in [0, 0.05) is 17.9 Å². The number of hydrogen-bond donors (Lipinski definition) is 1. The van der Waals surface area contributed by atoms with E-state index in [-0.39, 0.29) is 0 Å². The molecule has 0 amide bonds. The number of fused-ring (bicyclic) bond motifs is 1. The molecule has 0 atom stereocenters. The maximum atomic E-state index is 4.66. The zero-order valence-corrected chi connectivity index (χ0v) is 13.8. The highest BCUT2D eigenvalue weighted by Gasteiger charge is 2.22. The Bertz CT molecular complexity index is 890. The average Bonchev–Trinajstić information content (AvgIpc) is 3.03. The third-order valence-corrected chi connectivity index (χ3v) is 4.54. The molecule has 0 fully saturated rings. The first-order chi connectivity index (χ1) is 11.7. The second kappa shape index (κ2) is 5.92. The SMILES string of the molecule is Cc1cccc(Nc2cnnc(N3CCc4ccccc43)n2)c1C. The molecular formula is C19H19N5. The Morgan fingerprint density at radius 2 is 1.92 bits per heavy atom. The fourth-order valence-corrected chi connectivity index (χ4v) is 3.04. The highest BCUT2D eigenvalue weighted by Crippen LogP contribution is 2.32. The second-order valence-corrected chi connectivity index (χ2v) is 6.04. The minimum Gasteiger partial charge on any atom is -0.339 e. The summed E-state index contributed by atoms with van der Waals surface area (Å²) in [6.07, 6.45) is 2.67. The number of rotatable bonds is 3. The molecule has 0 unspecified atom stereocenters. The van der Waals surface area contributed by atoms with E-state index in [0.29, 0.717) is 11.8 Å². The second-order valence-electron chi connectivity index (χ2n) is 6.04. The van der Waals surface area contributed by atoms with Crippen molar-refractivity contribution in [3.05, 3.63) is 65.4 Å². The molecule has 0 bridgehead atoms. The fourth-order valence-electron chi connectivity index (χ4n) is 3.04. The fraction of sp³-hybridized carbons (Fsp3) is 0.211. The molecule has 120 valence electrons. The van der Waals surface area contributed by atoms with Crippen molar-refractivity contribution in [1.82, 2.24) is 15.2 Å². The summed E-state index contributed by atoms with van der Waals surface area (Å²) in [6.45, 7) is 5.09. The molecular weight excluding hydrogens is 298 g/mol. The van der Waals surface area contributed by atoms with Crippen LogP contribution in [0.15, 0.2) is 48.7 Å². The highest BCUT2D eigenvalue weighted by atomic mass is 15.3. The molecule has 2 aromatic carbocycles. The van der Waals surface area contributed by atoms with E-state index in [2.05, 4.69) is 69.6 Å². The summed E-state index contributed by atoms with van der Waals surface area (Å²) in [7, 11) is 0. The first-order valence-corrected chi connectivity index (χ1v) is 8.11. The topological polar surface area (TPSA) is 53.9 Å². The minimum atomic E-state index is 0.634. The van der Waals surface area contributed by atoms with E-state index in [1.165, 1.54) is 22.4 Å². The Morgan fingerprint density at radius 3 is 2.83 bits per heavy atom. The third-order valence-electron chi connectivity index (χ3n) is 4.54. The highest BCUT2D eigenvalue weighted by molar-refractivity contribution is 5.67. The maximum absolute atomic E-state index is 4.66. The molecule has 1 N–H and O–H groups in total. The Kier molecular flexibility index (Phi) is 3.61. The largest absolute Gasteiger partial charge is 0.339 e. The van der Waals surface area contributed by atoms with Gasteiger partial charge in [-0.3, -0.25) is 0 Å². The smallest absolute Gasteiger partial charge is 0.251 e. The summed E-state index contributed by atoms with van der Waals surface area (Å²) in [5.41, 5.74) is 6.00. The molecule has 5 heteroatoms. The van der Waals surface area contributed by atoms with Crippen LogP contribution >= 0.6 is 0 Å². The third kappa shape index (κ3) is 2.58. The van der Waals surface area contributed by atoms with Gasteiger partial charge >= 0.3 is 0 Å². The molecule has 1 aliphatic heterocycles. The average molecular weight is 317 g/mol. The molecule has 5 nitrogen and oxygen atoms in total. The van der Waals surface area contributed by atoms with E-state index in [1.54, 1.807) is 6.20 Å². The molecule has 0 aliphatic carbocycles. The quantitative estimate of drug-likeness (QED) is 0.793. The molecule has 0 spiro atoms. The lowest BCUT2D eigenvalue weighted by atomic mass is 10.1. The normalized spacial score (nSPS) is 13.0. The van der Waals surface area contributed by atoms with E-state index in [0.717, 1.165) is 18.7 Å². The van der Waals surface area contributed by atoms with Crippen molar-refractivity contribution in [3.63, 3.8) is 0 Å². The predicted octanol–water partition coefficient (Wildman–Crippen LogP) is 3.93. The number of hydrogen-bond acceptors (Lipinski definition) is 5. The molecule has 1 aromatic heterocycles. The Balaban J connectivity index is 1.64. The van der Waals surface area contributed by atoms with Crippen LogP contribution in [0.2, 0.25) is 0 Å². The van der Waals surface area contributed by atoms with Crippen molar-refractivity contribution < 1.29 is 0 Å². The summed E-state index contributed by atoms with van der Waals surface area (Å²) in [6, 6.07) is 14.6. The van der Waals surface area contributed by atoms with Gasteiger partial charge in [0.25, 0.3) is 5.95 Å². The van der Waals surface area contributed by atoms with Gasteiger partial charge in [-0.1, -0.05) is 30.3 Å². The van der Waals surface area contributed by atoms with Crippen molar-refractivity contribution in [2.24, 2.45) is 0 Å². The summed E-state index contributed by atoms with van der Waals surface area (Å²) in [5, 5.41) is 11.7. The van der Waals surface area contributed by atoms with Gasteiger partial charge in [-0.2, -0.15) is 10.1 Å². The van der Waals surface area contributed by atoms with E-state index < -0.39 is 0 Å². The number of benzene rings is 2.